The van der Waals surface area contributed by atoms with Crippen molar-refractivity contribution in [2.45, 2.75) is 105 Å². The van der Waals surface area contributed by atoms with Gasteiger partial charge in [-0.15, -0.1) is 0 Å². The third kappa shape index (κ3) is 4.46. The molecule has 39 heavy (non-hydrogen) atoms. The maximum atomic E-state index is 2.77. The average molecular weight is 726 g/mol. The Kier molecular flexibility index (Phi) is 8.45. The van der Waals surface area contributed by atoms with E-state index in [2.05, 4.69) is 60.7 Å². The summed E-state index contributed by atoms with van der Waals surface area (Å²) in [5, 5.41) is 0. The molecule has 0 radical (unpaired) electrons. The molecule has 0 nitrogen and oxygen atoms in total. The molecule has 4 fully saturated rings. The second-order valence-electron chi connectivity index (χ2n) is 13.6. The minimum Gasteiger partial charge on any atom is -1.00 e. The van der Waals surface area contributed by atoms with Gasteiger partial charge >= 0.3 is 230 Å². The Balaban J connectivity index is 0.00000138. The van der Waals surface area contributed by atoms with Crippen molar-refractivity contribution < 1.29 is 44.8 Å². The third-order valence-corrected chi connectivity index (χ3v) is 36.6. The summed E-state index contributed by atoms with van der Waals surface area (Å²) in [6.45, 7) is 0. The van der Waals surface area contributed by atoms with Gasteiger partial charge in [-0.2, -0.15) is 0 Å². The molecule has 1 saturated heterocycles. The van der Waals surface area contributed by atoms with Crippen LogP contribution in [0.5, 0.6) is 0 Å². The van der Waals surface area contributed by atoms with E-state index in [0.717, 1.165) is 26.5 Å². The molecule has 8 rings (SSSR count). The van der Waals surface area contributed by atoms with Crippen LogP contribution in [0.15, 0.2) is 59.7 Å². The first-order valence-electron chi connectivity index (χ1n) is 16.0. The van der Waals surface area contributed by atoms with Crippen molar-refractivity contribution in [2.24, 2.45) is 11.8 Å². The normalized spacial score (nSPS) is 31.9. The van der Waals surface area contributed by atoms with E-state index in [1.807, 2.05) is 11.1 Å². The quantitative estimate of drug-likeness (QED) is 0.400. The minimum absolute atomic E-state index is 0. The molecule has 4 unspecified atom stereocenters. The van der Waals surface area contributed by atoms with Gasteiger partial charge in [0.2, 0.25) is 0 Å². The fourth-order valence-corrected chi connectivity index (χ4v) is 46.3. The Morgan fingerprint density at radius 3 is 1.28 bits per heavy atom. The molecule has 1 heterocycles. The summed E-state index contributed by atoms with van der Waals surface area (Å²) in [5.74, 6) is 1.73. The zero-order valence-corrected chi connectivity index (χ0v) is 28.5. The maximum Gasteiger partial charge on any atom is -1.00 e. The number of hydrogen-bond donors (Lipinski definition) is 0. The molecule has 3 saturated carbocycles. The molecule has 2 aromatic carbocycles. The van der Waals surface area contributed by atoms with Crippen LogP contribution in [0.3, 0.4) is 0 Å². The van der Waals surface area contributed by atoms with E-state index in [0.29, 0.717) is 0 Å². The number of allylic oxidation sites excluding steroid dienone is 2. The van der Waals surface area contributed by atoms with Crippen molar-refractivity contribution in [1.29, 1.82) is 0 Å². The van der Waals surface area contributed by atoms with Crippen LogP contribution in [0, 0.1) is 11.8 Å². The van der Waals surface area contributed by atoms with Gasteiger partial charge in [0.15, 0.2) is 0 Å². The van der Waals surface area contributed by atoms with E-state index in [9.17, 15) is 0 Å². The number of halogens is 2. The molecule has 2 aromatic rings. The van der Waals surface area contributed by atoms with Crippen LogP contribution in [0.1, 0.15) is 119 Å². The Hall–Kier alpha value is -0.630. The smallest absolute Gasteiger partial charge is 1.00 e. The van der Waals surface area contributed by atoms with Crippen LogP contribution in [-0.2, 0) is 20.0 Å². The zero-order chi connectivity index (χ0) is 24.4. The summed E-state index contributed by atoms with van der Waals surface area (Å²) in [5.41, 5.74) is 10.8. The van der Waals surface area contributed by atoms with Gasteiger partial charge in [0.1, 0.15) is 0 Å². The first-order chi connectivity index (χ1) is 18.4. The topological polar surface area (TPSA) is 0 Å². The van der Waals surface area contributed by atoms with Crippen LogP contribution < -0.4 is 24.8 Å². The van der Waals surface area contributed by atoms with Crippen LogP contribution >= 0.6 is 0 Å². The summed E-state index contributed by atoms with van der Waals surface area (Å²) < 4.78 is 3.99. The average Bonchev–Trinajstić information content (AvgIpc) is 3.26. The van der Waals surface area contributed by atoms with E-state index >= 15 is 0 Å². The largest absolute Gasteiger partial charge is 1.00 e. The maximum absolute atomic E-state index is 2.99. The molecule has 6 aliphatic rings. The van der Waals surface area contributed by atoms with Gasteiger partial charge in [0, 0.05) is 0 Å². The molecule has 206 valence electrons. The monoisotopic (exact) mass is 726 g/mol. The fourth-order valence-electron chi connectivity index (χ4n) is 10.6. The van der Waals surface area contributed by atoms with Crippen molar-refractivity contribution in [3.63, 3.8) is 0 Å². The van der Waals surface area contributed by atoms with Gasteiger partial charge in [-0.1, -0.05) is 0 Å². The Bertz CT molecular complexity index is 1150. The van der Waals surface area contributed by atoms with Crippen molar-refractivity contribution in [3.8, 4) is 0 Å². The molecule has 4 atom stereocenters. The molecular weight excluding hydrogens is 682 g/mol. The molecule has 0 spiro atoms. The van der Waals surface area contributed by atoms with Crippen molar-refractivity contribution in [2.75, 3.05) is 0 Å². The Labute approximate surface area is 253 Å². The molecule has 3 heteroatoms. The van der Waals surface area contributed by atoms with Gasteiger partial charge in [0.05, 0.1) is 0 Å². The molecule has 0 amide bonds. The van der Waals surface area contributed by atoms with Crippen molar-refractivity contribution in [1.82, 2.24) is 0 Å². The second kappa shape index (κ2) is 11.6. The van der Waals surface area contributed by atoms with Crippen molar-refractivity contribution in [3.05, 3.63) is 81.9 Å². The molecule has 1 aliphatic heterocycles. The summed E-state index contributed by atoms with van der Waals surface area (Å²) in [4.78, 5) is 0. The molecule has 0 aromatic heterocycles. The Morgan fingerprint density at radius 2 is 0.846 bits per heavy atom. The first kappa shape index (κ1) is 28.5. The first-order valence-corrected chi connectivity index (χ1v) is 24.3. The van der Waals surface area contributed by atoms with Crippen LogP contribution in [0.2, 0.25) is 7.35 Å². The zero-order valence-electron chi connectivity index (χ0n) is 23.4. The van der Waals surface area contributed by atoms with Crippen LogP contribution in [-0.4, -0.2) is 0 Å². The van der Waals surface area contributed by atoms with E-state index in [1.54, 1.807) is 35.1 Å². The number of benzene rings is 2. The van der Waals surface area contributed by atoms with E-state index in [4.69, 9.17) is 0 Å². The van der Waals surface area contributed by atoms with Crippen molar-refractivity contribution >= 4 is 12.2 Å². The Morgan fingerprint density at radius 1 is 0.462 bits per heavy atom. The molecular formula is C36H44Cl2Hf. The van der Waals surface area contributed by atoms with E-state index < -0.39 is 20.0 Å². The number of fused-ring (bicyclic) bond motifs is 3. The standard InChI is InChI=1S/2C15H17.C6H10.2ClH.Hf/c2*1-2-6-12(7-3-1)15-10-13-8-4-5-9-14(13)11-15;1-2-4-6-5-3-1;;;/h2*4-5,8-12H,1-3,6-7H2;1-2H,3-6H2;2*1H;/q;;;;;+2/p-2. The van der Waals surface area contributed by atoms with Crippen LogP contribution in [0.25, 0.3) is 12.2 Å². The van der Waals surface area contributed by atoms with Gasteiger partial charge < -0.3 is 24.8 Å². The third-order valence-electron chi connectivity index (χ3n) is 12.0. The molecule has 5 aliphatic carbocycles. The molecule has 0 N–H and O–H groups in total. The summed E-state index contributed by atoms with van der Waals surface area (Å²) in [7, 11) is 0. The minimum atomic E-state index is -2.99. The van der Waals surface area contributed by atoms with Gasteiger partial charge in [0.25, 0.3) is 0 Å². The van der Waals surface area contributed by atoms with E-state index in [1.165, 1.54) is 77.0 Å². The predicted molar refractivity (Wildman–Crippen MR) is 153 cm³/mol. The fraction of sp³-hybridized carbons (Fsp3) is 0.556. The summed E-state index contributed by atoms with van der Waals surface area (Å²) >= 11 is -2.99. The van der Waals surface area contributed by atoms with E-state index in [-0.39, 0.29) is 24.8 Å². The number of rotatable bonds is 4. The van der Waals surface area contributed by atoms with Gasteiger partial charge in [-0.25, -0.2) is 0 Å². The number of hydrogen-bond acceptors (Lipinski definition) is 0. The predicted octanol–water partition coefficient (Wildman–Crippen LogP) is 4.75. The SMILES string of the molecule is C1=C(C2CCCCC2)[CH]([Hf+2]2([CH]3C(C4CCCCC4)=Cc4ccccc43)[CH]3CCCC[CH]32)c2ccccc21.[Cl-].[Cl-]. The van der Waals surface area contributed by atoms with Gasteiger partial charge in [-0.3, -0.25) is 0 Å². The second-order valence-corrected chi connectivity index (χ2v) is 30.2. The molecule has 0 bridgehead atoms. The summed E-state index contributed by atoms with van der Waals surface area (Å²) in [6.07, 6.45) is 26.3. The summed E-state index contributed by atoms with van der Waals surface area (Å²) in [6, 6.07) is 19.6. The van der Waals surface area contributed by atoms with Crippen LogP contribution in [0.4, 0.5) is 0 Å². The van der Waals surface area contributed by atoms with Gasteiger partial charge in [-0.05, 0) is 0 Å².